The van der Waals surface area contributed by atoms with Crippen molar-refractivity contribution >= 4 is 11.6 Å². The molecule has 0 spiro atoms. The molecule has 0 aromatic heterocycles. The van der Waals surface area contributed by atoms with E-state index in [0.29, 0.717) is 11.5 Å². The van der Waals surface area contributed by atoms with E-state index in [-0.39, 0.29) is 11.7 Å². The van der Waals surface area contributed by atoms with Gasteiger partial charge in [-0.2, -0.15) is 5.10 Å². The van der Waals surface area contributed by atoms with Gasteiger partial charge in [-0.1, -0.05) is 6.07 Å². The summed E-state index contributed by atoms with van der Waals surface area (Å²) in [6.45, 7) is 3.15. The molecule has 4 rings (SSSR count). The number of nitrogens with zero attached hydrogens (tertiary/aromatic N) is 2. The van der Waals surface area contributed by atoms with Gasteiger partial charge in [-0.3, -0.25) is 9.69 Å². The van der Waals surface area contributed by atoms with E-state index in [1.165, 1.54) is 12.1 Å². The molecule has 0 unspecified atom stereocenters. The summed E-state index contributed by atoms with van der Waals surface area (Å²) < 4.78 is 0. The molecule has 3 heterocycles. The number of hydrogen-bond acceptors (Lipinski definition) is 4. The molecule has 1 amide bonds. The summed E-state index contributed by atoms with van der Waals surface area (Å²) in [5, 5.41) is 13.6. The van der Waals surface area contributed by atoms with Crippen LogP contribution in [-0.4, -0.2) is 41.3 Å². The minimum Gasteiger partial charge on any atom is -0.508 e. The topological polar surface area (TPSA) is 64.9 Å². The molecule has 19 heavy (non-hydrogen) atoms. The smallest absolute Gasteiger partial charge is 0.271 e. The molecule has 3 aliphatic heterocycles. The van der Waals surface area contributed by atoms with Crippen LogP contribution in [-0.2, 0) is 0 Å². The fourth-order valence-electron chi connectivity index (χ4n) is 2.74. The molecule has 5 nitrogen and oxygen atoms in total. The summed E-state index contributed by atoms with van der Waals surface area (Å²) in [6, 6.07) is 6.28. The number of nitrogens with one attached hydrogen (secondary N) is 1. The number of amides is 1. The number of carbonyl (C=O) groups is 1. The van der Waals surface area contributed by atoms with Crippen LogP contribution in [0.4, 0.5) is 0 Å². The third-order valence-electron chi connectivity index (χ3n) is 3.85. The van der Waals surface area contributed by atoms with Crippen LogP contribution in [0.25, 0.3) is 0 Å². The maximum Gasteiger partial charge on any atom is 0.271 e. The van der Waals surface area contributed by atoms with Crippen molar-refractivity contribution in [3.8, 4) is 5.75 Å². The van der Waals surface area contributed by atoms with Gasteiger partial charge < -0.3 is 5.11 Å². The largest absolute Gasteiger partial charge is 0.508 e. The molecule has 0 aliphatic carbocycles. The van der Waals surface area contributed by atoms with E-state index in [4.69, 9.17) is 0 Å². The Kier molecular flexibility index (Phi) is 3.21. The number of hydrogen-bond donors (Lipinski definition) is 2. The molecule has 0 radical (unpaired) electrons. The first kappa shape index (κ1) is 12.2. The number of phenolic OH excluding ortho intramolecular Hbond substituents is 1. The molecular formula is C14H17N3O2. The second-order valence-corrected chi connectivity index (χ2v) is 5.14. The van der Waals surface area contributed by atoms with Gasteiger partial charge in [0.15, 0.2) is 0 Å². The quantitative estimate of drug-likeness (QED) is 0.784. The molecule has 0 saturated carbocycles. The second kappa shape index (κ2) is 5.01. The number of piperidine rings is 3. The highest BCUT2D eigenvalue weighted by molar-refractivity contribution is 5.96. The number of rotatable bonds is 2. The highest BCUT2D eigenvalue weighted by Gasteiger charge is 2.30. The van der Waals surface area contributed by atoms with Crippen molar-refractivity contribution in [3.05, 3.63) is 29.8 Å². The fraction of sp³-hybridized carbons (Fsp3) is 0.429. The average Bonchev–Trinajstić information content (AvgIpc) is 2.46. The summed E-state index contributed by atoms with van der Waals surface area (Å²) >= 11 is 0. The Morgan fingerprint density at radius 2 is 2.16 bits per heavy atom. The van der Waals surface area contributed by atoms with Gasteiger partial charge in [0, 0.05) is 18.0 Å². The lowest BCUT2D eigenvalue weighted by Crippen LogP contribution is -2.48. The van der Waals surface area contributed by atoms with E-state index in [2.05, 4.69) is 15.4 Å². The van der Waals surface area contributed by atoms with Gasteiger partial charge in [-0.25, -0.2) is 5.43 Å². The van der Waals surface area contributed by atoms with Crippen molar-refractivity contribution in [1.82, 2.24) is 10.3 Å². The SMILES string of the molecule is O=C(NN=C1CN2CCC1CC2)c1cccc(O)c1. The monoisotopic (exact) mass is 259 g/mol. The van der Waals surface area contributed by atoms with Gasteiger partial charge >= 0.3 is 0 Å². The van der Waals surface area contributed by atoms with Gasteiger partial charge in [-0.05, 0) is 44.1 Å². The first-order chi connectivity index (χ1) is 9.22. The van der Waals surface area contributed by atoms with Crippen LogP contribution in [0.3, 0.4) is 0 Å². The molecular weight excluding hydrogens is 242 g/mol. The third kappa shape index (κ3) is 2.61. The van der Waals surface area contributed by atoms with Crippen LogP contribution in [0.15, 0.2) is 29.4 Å². The van der Waals surface area contributed by atoms with Crippen LogP contribution in [0.5, 0.6) is 5.75 Å². The summed E-state index contributed by atoms with van der Waals surface area (Å²) in [6.07, 6.45) is 2.28. The van der Waals surface area contributed by atoms with Crippen LogP contribution in [0.1, 0.15) is 23.2 Å². The van der Waals surface area contributed by atoms with E-state index < -0.39 is 0 Å². The van der Waals surface area contributed by atoms with Crippen LogP contribution >= 0.6 is 0 Å². The molecule has 3 aliphatic rings. The lowest BCUT2D eigenvalue weighted by atomic mass is 9.87. The maximum absolute atomic E-state index is 11.9. The van der Waals surface area contributed by atoms with Crippen molar-refractivity contribution in [1.29, 1.82) is 0 Å². The standard InChI is InChI=1S/C14H17N3O2/c18-12-3-1-2-11(8-12)14(19)16-15-13-9-17-6-4-10(13)5-7-17/h1-3,8,10,18H,4-7,9H2,(H,16,19). The number of hydrazone groups is 1. The van der Waals surface area contributed by atoms with Gasteiger partial charge in [-0.15, -0.1) is 0 Å². The van der Waals surface area contributed by atoms with Gasteiger partial charge in [0.1, 0.15) is 5.75 Å². The van der Waals surface area contributed by atoms with Gasteiger partial charge in [0.2, 0.25) is 0 Å². The van der Waals surface area contributed by atoms with E-state index in [9.17, 15) is 9.90 Å². The Hall–Kier alpha value is -1.88. The highest BCUT2D eigenvalue weighted by Crippen LogP contribution is 2.25. The van der Waals surface area contributed by atoms with Crippen LogP contribution in [0.2, 0.25) is 0 Å². The Morgan fingerprint density at radius 1 is 1.37 bits per heavy atom. The molecule has 0 atom stereocenters. The maximum atomic E-state index is 11.9. The summed E-state index contributed by atoms with van der Waals surface area (Å²) in [7, 11) is 0. The minimum absolute atomic E-state index is 0.0862. The van der Waals surface area contributed by atoms with Crippen molar-refractivity contribution in [2.24, 2.45) is 11.0 Å². The van der Waals surface area contributed by atoms with Gasteiger partial charge in [0.05, 0.1) is 5.71 Å². The molecule has 5 heteroatoms. The first-order valence-electron chi connectivity index (χ1n) is 6.60. The second-order valence-electron chi connectivity index (χ2n) is 5.14. The number of carbonyl (C=O) groups excluding carboxylic acids is 1. The Balaban J connectivity index is 1.67. The molecule has 1 aromatic carbocycles. The fourth-order valence-corrected chi connectivity index (χ4v) is 2.74. The molecule has 100 valence electrons. The van der Waals surface area contributed by atoms with Gasteiger partial charge in [0.25, 0.3) is 5.91 Å². The Bertz CT molecular complexity index is 519. The van der Waals surface area contributed by atoms with E-state index >= 15 is 0 Å². The highest BCUT2D eigenvalue weighted by atomic mass is 16.3. The predicted octanol–water partition coefficient (Wildman–Crippen LogP) is 1.20. The molecule has 2 bridgehead atoms. The normalized spacial score (nSPS) is 27.5. The zero-order valence-corrected chi connectivity index (χ0v) is 10.7. The van der Waals surface area contributed by atoms with E-state index in [0.717, 1.165) is 38.2 Å². The van der Waals surface area contributed by atoms with E-state index in [1.54, 1.807) is 12.1 Å². The average molecular weight is 259 g/mol. The van der Waals surface area contributed by atoms with Crippen LogP contribution < -0.4 is 5.43 Å². The number of benzene rings is 1. The summed E-state index contributed by atoms with van der Waals surface area (Å²) in [4.78, 5) is 14.3. The van der Waals surface area contributed by atoms with Crippen molar-refractivity contribution < 1.29 is 9.90 Å². The van der Waals surface area contributed by atoms with Crippen molar-refractivity contribution in [3.63, 3.8) is 0 Å². The summed E-state index contributed by atoms with van der Waals surface area (Å²) in [5.41, 5.74) is 4.09. The van der Waals surface area contributed by atoms with Crippen LogP contribution in [0, 0.1) is 5.92 Å². The predicted molar refractivity (Wildman–Crippen MR) is 72.2 cm³/mol. The summed E-state index contributed by atoms with van der Waals surface area (Å²) in [5.74, 6) is 0.331. The molecule has 3 fully saturated rings. The number of aromatic hydroxyl groups is 1. The zero-order valence-electron chi connectivity index (χ0n) is 10.7. The lowest BCUT2D eigenvalue weighted by molar-refractivity contribution is 0.0953. The zero-order chi connectivity index (χ0) is 13.2. The number of fused-ring (bicyclic) bond motifs is 3. The van der Waals surface area contributed by atoms with Crippen molar-refractivity contribution in [2.45, 2.75) is 12.8 Å². The number of phenols is 1. The van der Waals surface area contributed by atoms with E-state index in [1.807, 2.05) is 0 Å². The first-order valence-corrected chi connectivity index (χ1v) is 6.60. The molecule has 2 N–H and O–H groups in total. The lowest BCUT2D eigenvalue weighted by Gasteiger charge is -2.39. The minimum atomic E-state index is -0.278. The Labute approximate surface area is 111 Å². The molecule has 3 saturated heterocycles. The third-order valence-corrected chi connectivity index (χ3v) is 3.85. The molecule has 1 aromatic rings. The Morgan fingerprint density at radius 3 is 2.79 bits per heavy atom. The van der Waals surface area contributed by atoms with Crippen molar-refractivity contribution in [2.75, 3.05) is 19.6 Å².